The summed E-state index contributed by atoms with van der Waals surface area (Å²) in [5.41, 5.74) is 0. The van der Waals surface area contributed by atoms with Gasteiger partial charge in [-0.2, -0.15) is 0 Å². The van der Waals surface area contributed by atoms with Gasteiger partial charge in [0.1, 0.15) is 0 Å². The second-order valence-corrected chi connectivity index (χ2v) is 6.25. The van der Waals surface area contributed by atoms with Crippen molar-refractivity contribution in [3.63, 3.8) is 0 Å². The summed E-state index contributed by atoms with van der Waals surface area (Å²) in [6.07, 6.45) is 4.89. The summed E-state index contributed by atoms with van der Waals surface area (Å²) in [4.78, 5) is 27.1. The van der Waals surface area contributed by atoms with Crippen LogP contribution in [0.4, 0.5) is 0 Å². The molecule has 2 saturated heterocycles. The van der Waals surface area contributed by atoms with Crippen molar-refractivity contribution in [3.05, 3.63) is 0 Å². The van der Waals surface area contributed by atoms with Crippen LogP contribution < -0.4 is 5.32 Å². The van der Waals surface area contributed by atoms with Crippen LogP contribution in [-0.2, 0) is 9.59 Å². The average Bonchev–Trinajstić information content (AvgIpc) is 2.49. The molecule has 6 heteroatoms. The van der Waals surface area contributed by atoms with Crippen LogP contribution in [0.5, 0.6) is 0 Å². The Bertz CT molecular complexity index is 367. The molecule has 120 valence electrons. The van der Waals surface area contributed by atoms with E-state index in [1.54, 1.807) is 4.90 Å². The summed E-state index contributed by atoms with van der Waals surface area (Å²) >= 11 is 0. The van der Waals surface area contributed by atoms with Crippen LogP contribution in [0.15, 0.2) is 0 Å². The minimum Gasteiger partial charge on any atom is -0.481 e. The van der Waals surface area contributed by atoms with Crippen LogP contribution in [0.2, 0.25) is 0 Å². The first kappa shape index (κ1) is 16.2. The van der Waals surface area contributed by atoms with Crippen molar-refractivity contribution in [1.29, 1.82) is 0 Å². The van der Waals surface area contributed by atoms with Crippen LogP contribution in [0.3, 0.4) is 0 Å². The summed E-state index contributed by atoms with van der Waals surface area (Å²) in [5, 5.41) is 12.2. The molecule has 0 bridgehead atoms. The van der Waals surface area contributed by atoms with Gasteiger partial charge in [0.15, 0.2) is 0 Å². The van der Waals surface area contributed by atoms with E-state index in [0.29, 0.717) is 38.5 Å². The lowest BCUT2D eigenvalue weighted by atomic mass is 9.97. The van der Waals surface area contributed by atoms with Gasteiger partial charge in [0.2, 0.25) is 5.91 Å². The molecule has 21 heavy (non-hydrogen) atoms. The van der Waals surface area contributed by atoms with Gasteiger partial charge < -0.3 is 20.2 Å². The molecule has 1 amide bonds. The van der Waals surface area contributed by atoms with Crippen LogP contribution in [-0.4, -0.2) is 72.6 Å². The molecule has 6 nitrogen and oxygen atoms in total. The highest BCUT2D eigenvalue weighted by Gasteiger charge is 2.27. The van der Waals surface area contributed by atoms with Crippen LogP contribution in [0, 0.1) is 5.92 Å². The van der Waals surface area contributed by atoms with E-state index in [-0.39, 0.29) is 11.8 Å². The third-order valence-electron chi connectivity index (χ3n) is 4.77. The fourth-order valence-electron chi connectivity index (χ4n) is 3.24. The monoisotopic (exact) mass is 297 g/mol. The minimum absolute atomic E-state index is 0.0947. The molecule has 0 saturated carbocycles. The Labute approximate surface area is 126 Å². The first-order valence-corrected chi connectivity index (χ1v) is 7.99. The molecule has 0 spiro atoms. The Balaban J connectivity index is 1.65. The van der Waals surface area contributed by atoms with Crippen molar-refractivity contribution >= 4 is 11.9 Å². The Hall–Kier alpha value is -1.14. The third-order valence-corrected chi connectivity index (χ3v) is 4.77. The fraction of sp³-hybridized carbons (Fsp3) is 0.867. The Morgan fingerprint density at radius 3 is 2.48 bits per heavy atom. The van der Waals surface area contributed by atoms with Crippen LogP contribution in [0.1, 0.15) is 32.1 Å². The quantitative estimate of drug-likeness (QED) is 0.768. The van der Waals surface area contributed by atoms with Gasteiger partial charge in [0, 0.05) is 25.7 Å². The van der Waals surface area contributed by atoms with Crippen molar-refractivity contribution in [2.75, 3.05) is 39.8 Å². The topological polar surface area (TPSA) is 72.9 Å². The van der Waals surface area contributed by atoms with Crippen molar-refractivity contribution in [2.24, 2.45) is 5.92 Å². The van der Waals surface area contributed by atoms with E-state index in [9.17, 15) is 9.59 Å². The molecule has 1 atom stereocenters. The van der Waals surface area contributed by atoms with Crippen LogP contribution >= 0.6 is 0 Å². The number of hydrogen-bond acceptors (Lipinski definition) is 4. The predicted octanol–water partition coefficient (Wildman–Crippen LogP) is 0.384. The SMILES string of the molecule is CN1CCCCC1CNCC(=O)N1CCC(C(=O)O)CC1. The van der Waals surface area contributed by atoms with E-state index in [4.69, 9.17) is 5.11 Å². The molecule has 2 heterocycles. The molecule has 0 aromatic carbocycles. The Kier molecular flexibility index (Phi) is 5.99. The van der Waals surface area contributed by atoms with Gasteiger partial charge in [-0.3, -0.25) is 9.59 Å². The molecular formula is C15H27N3O3. The zero-order chi connectivity index (χ0) is 15.2. The molecule has 0 aromatic rings. The zero-order valence-electron chi connectivity index (χ0n) is 12.9. The fourth-order valence-corrected chi connectivity index (χ4v) is 3.24. The van der Waals surface area contributed by atoms with Crippen molar-refractivity contribution in [1.82, 2.24) is 15.1 Å². The van der Waals surface area contributed by atoms with E-state index in [0.717, 1.165) is 13.1 Å². The number of carboxylic acids is 1. The molecule has 2 N–H and O–H groups in total. The number of aliphatic carboxylic acids is 1. The maximum atomic E-state index is 12.1. The van der Waals surface area contributed by atoms with E-state index in [2.05, 4.69) is 17.3 Å². The van der Waals surface area contributed by atoms with E-state index in [1.165, 1.54) is 19.3 Å². The lowest BCUT2D eigenvalue weighted by Crippen LogP contribution is -2.47. The highest BCUT2D eigenvalue weighted by atomic mass is 16.4. The molecule has 2 aliphatic rings. The highest BCUT2D eigenvalue weighted by Crippen LogP contribution is 2.17. The van der Waals surface area contributed by atoms with Crippen LogP contribution in [0.25, 0.3) is 0 Å². The maximum absolute atomic E-state index is 12.1. The summed E-state index contributed by atoms with van der Waals surface area (Å²) in [5.74, 6) is -0.921. The van der Waals surface area contributed by atoms with Gasteiger partial charge in [0.05, 0.1) is 12.5 Å². The first-order valence-electron chi connectivity index (χ1n) is 7.99. The standard InChI is InChI=1S/C15H27N3O3/c1-17-7-3-2-4-13(17)10-16-11-14(19)18-8-5-12(6-9-18)15(20)21/h12-13,16H,2-11H2,1H3,(H,20,21). The second kappa shape index (κ2) is 7.75. The molecule has 2 aliphatic heterocycles. The molecule has 2 fully saturated rings. The second-order valence-electron chi connectivity index (χ2n) is 6.25. The third kappa shape index (κ3) is 4.68. The molecular weight excluding hydrogens is 270 g/mol. The van der Waals surface area contributed by atoms with Gasteiger partial charge in [-0.05, 0) is 39.3 Å². The molecule has 0 aromatic heterocycles. The minimum atomic E-state index is -0.736. The number of carboxylic acid groups (broad SMARTS) is 1. The number of rotatable bonds is 5. The number of carbonyl (C=O) groups is 2. The smallest absolute Gasteiger partial charge is 0.306 e. The molecule has 2 rings (SSSR count). The largest absolute Gasteiger partial charge is 0.481 e. The molecule has 1 unspecified atom stereocenters. The number of piperidine rings is 2. The number of carbonyl (C=O) groups excluding carboxylic acids is 1. The summed E-state index contributed by atoms with van der Waals surface area (Å²) in [6.45, 7) is 3.50. The molecule has 0 aliphatic carbocycles. The van der Waals surface area contributed by atoms with E-state index >= 15 is 0 Å². The Morgan fingerprint density at radius 1 is 1.14 bits per heavy atom. The first-order chi connectivity index (χ1) is 10.1. The van der Waals surface area contributed by atoms with Crippen molar-refractivity contribution in [3.8, 4) is 0 Å². The van der Waals surface area contributed by atoms with Gasteiger partial charge >= 0.3 is 5.97 Å². The predicted molar refractivity (Wildman–Crippen MR) is 80.1 cm³/mol. The lowest BCUT2D eigenvalue weighted by Gasteiger charge is -2.33. The van der Waals surface area contributed by atoms with Gasteiger partial charge in [-0.15, -0.1) is 0 Å². The Morgan fingerprint density at radius 2 is 1.86 bits per heavy atom. The number of hydrogen-bond donors (Lipinski definition) is 2. The zero-order valence-corrected chi connectivity index (χ0v) is 12.9. The van der Waals surface area contributed by atoms with Gasteiger partial charge in [-0.25, -0.2) is 0 Å². The molecule has 0 radical (unpaired) electrons. The number of likely N-dealkylation sites (tertiary alicyclic amines) is 2. The maximum Gasteiger partial charge on any atom is 0.306 e. The van der Waals surface area contributed by atoms with Gasteiger partial charge in [-0.1, -0.05) is 6.42 Å². The normalized spacial score (nSPS) is 25.0. The number of amides is 1. The van der Waals surface area contributed by atoms with Crippen molar-refractivity contribution in [2.45, 2.75) is 38.1 Å². The number of likely N-dealkylation sites (N-methyl/N-ethyl adjacent to an activating group) is 1. The summed E-state index contributed by atoms with van der Waals surface area (Å²) in [6, 6.07) is 0.532. The highest BCUT2D eigenvalue weighted by molar-refractivity contribution is 5.78. The van der Waals surface area contributed by atoms with Crippen molar-refractivity contribution < 1.29 is 14.7 Å². The summed E-state index contributed by atoms with van der Waals surface area (Å²) < 4.78 is 0. The average molecular weight is 297 g/mol. The number of nitrogens with one attached hydrogen (secondary N) is 1. The number of nitrogens with zero attached hydrogens (tertiary/aromatic N) is 2. The van der Waals surface area contributed by atoms with E-state index in [1.807, 2.05) is 0 Å². The summed E-state index contributed by atoms with van der Waals surface area (Å²) in [7, 11) is 2.14. The lowest BCUT2D eigenvalue weighted by molar-refractivity contribution is -0.145. The van der Waals surface area contributed by atoms with Gasteiger partial charge in [0.25, 0.3) is 0 Å². The van der Waals surface area contributed by atoms with E-state index < -0.39 is 5.97 Å².